The summed E-state index contributed by atoms with van der Waals surface area (Å²) in [6.07, 6.45) is -0.232. The van der Waals surface area contributed by atoms with Crippen molar-refractivity contribution < 1.29 is 19.8 Å². The standard InChI is InChI=1S/C36H38N8O6/c1-21-29(33(49)43(41(21)5)23-13-9-7-10-14-23)37-39-31-25(45)17-35(3,18-26(31)46)36(4)19-27(47)32(28(48)20-36)40-38-30-22(2)42(6)44(34(30)50)24-15-11-8-12-16-24/h7-16,45,47H,17-20H2,1-6H3. The first-order valence-corrected chi connectivity index (χ1v) is 16.1. The van der Waals surface area contributed by atoms with E-state index >= 15 is 0 Å². The van der Waals surface area contributed by atoms with Crippen molar-refractivity contribution in [3.05, 3.63) is 116 Å². The number of benzene rings is 2. The molecule has 0 bridgehead atoms. The average molecular weight is 679 g/mol. The second-order valence-electron chi connectivity index (χ2n) is 13.5. The minimum absolute atomic E-state index is 0.0226. The van der Waals surface area contributed by atoms with E-state index in [2.05, 4.69) is 20.5 Å². The Balaban J connectivity index is 1.25. The van der Waals surface area contributed by atoms with Crippen molar-refractivity contribution in [2.24, 2.45) is 45.4 Å². The van der Waals surface area contributed by atoms with Gasteiger partial charge in [-0.15, -0.1) is 20.5 Å². The van der Waals surface area contributed by atoms with E-state index in [0.29, 0.717) is 22.8 Å². The Morgan fingerprint density at radius 3 is 1.22 bits per heavy atom. The molecular formula is C36H38N8O6. The first-order chi connectivity index (χ1) is 23.7. The van der Waals surface area contributed by atoms with Crippen LogP contribution >= 0.6 is 0 Å². The Bertz CT molecular complexity index is 2130. The van der Waals surface area contributed by atoms with Crippen molar-refractivity contribution in [3.8, 4) is 11.4 Å². The van der Waals surface area contributed by atoms with Gasteiger partial charge in [0.2, 0.25) is 0 Å². The number of azo groups is 2. The molecule has 2 atom stereocenters. The maximum absolute atomic E-state index is 13.5. The normalized spacial score (nSPS) is 21.7. The van der Waals surface area contributed by atoms with Gasteiger partial charge in [-0.3, -0.25) is 28.5 Å². The molecule has 2 unspecified atom stereocenters. The zero-order chi connectivity index (χ0) is 36.1. The van der Waals surface area contributed by atoms with E-state index in [9.17, 15) is 29.4 Å². The van der Waals surface area contributed by atoms with Crippen LogP contribution in [0.4, 0.5) is 11.4 Å². The number of carbonyl (C=O) groups excluding carboxylic acids is 2. The van der Waals surface area contributed by atoms with Crippen molar-refractivity contribution in [2.45, 2.75) is 53.4 Å². The molecule has 4 aromatic rings. The van der Waals surface area contributed by atoms with E-state index in [0.717, 1.165) is 0 Å². The molecule has 14 nitrogen and oxygen atoms in total. The second-order valence-corrected chi connectivity index (χ2v) is 13.5. The van der Waals surface area contributed by atoms with Crippen molar-refractivity contribution in [3.63, 3.8) is 0 Å². The minimum Gasteiger partial charge on any atom is -0.510 e. The highest BCUT2D eigenvalue weighted by Gasteiger charge is 2.53. The van der Waals surface area contributed by atoms with Crippen molar-refractivity contribution in [2.75, 3.05) is 0 Å². The second kappa shape index (κ2) is 12.5. The van der Waals surface area contributed by atoms with Crippen LogP contribution in [0, 0.1) is 24.7 Å². The van der Waals surface area contributed by atoms with E-state index in [4.69, 9.17) is 0 Å². The molecule has 0 saturated heterocycles. The molecule has 0 aliphatic heterocycles. The SMILES string of the molecule is Cc1c(N=NC2=C(O)CC(C)(C3(C)CC(=O)C(N=Nc4c(C)n(C)n(-c5ccccc5)c4=O)=C(O)C3)CC2=O)c(=O)n(-c2ccccc2)n1C. The molecule has 0 spiro atoms. The molecule has 258 valence electrons. The molecule has 6 rings (SSSR count). The van der Waals surface area contributed by atoms with E-state index in [1.807, 2.05) is 36.4 Å². The molecule has 14 heteroatoms. The molecule has 50 heavy (non-hydrogen) atoms. The van der Waals surface area contributed by atoms with Crippen LogP contribution in [0.5, 0.6) is 0 Å². The molecule has 2 heterocycles. The Hall–Kier alpha value is -5.92. The number of rotatable bonds is 7. The highest BCUT2D eigenvalue weighted by Crippen LogP contribution is 2.56. The Kier molecular flexibility index (Phi) is 8.50. The van der Waals surface area contributed by atoms with Crippen LogP contribution in [0.3, 0.4) is 0 Å². The fourth-order valence-electron chi connectivity index (χ4n) is 6.85. The summed E-state index contributed by atoms with van der Waals surface area (Å²) in [6.45, 7) is 6.97. The van der Waals surface area contributed by atoms with Crippen molar-refractivity contribution in [1.29, 1.82) is 0 Å². The lowest BCUT2D eigenvalue weighted by molar-refractivity contribution is -0.128. The van der Waals surface area contributed by atoms with E-state index < -0.39 is 33.5 Å². The van der Waals surface area contributed by atoms with Crippen LogP contribution in [0.2, 0.25) is 0 Å². The van der Waals surface area contributed by atoms with Gasteiger partial charge < -0.3 is 10.2 Å². The highest BCUT2D eigenvalue weighted by molar-refractivity contribution is 5.98. The quantitative estimate of drug-likeness (QED) is 0.213. The lowest BCUT2D eigenvalue weighted by Crippen LogP contribution is -2.45. The van der Waals surface area contributed by atoms with Gasteiger partial charge in [0.15, 0.2) is 34.3 Å². The average Bonchev–Trinajstić information content (AvgIpc) is 3.41. The molecule has 2 aromatic heterocycles. The lowest BCUT2D eigenvalue weighted by atomic mass is 9.54. The number of hydrogen-bond donors (Lipinski definition) is 2. The fourth-order valence-corrected chi connectivity index (χ4v) is 6.85. The third-order valence-electron chi connectivity index (χ3n) is 10.3. The monoisotopic (exact) mass is 678 g/mol. The van der Waals surface area contributed by atoms with Crippen LogP contribution in [0.25, 0.3) is 11.4 Å². The minimum atomic E-state index is -0.957. The van der Waals surface area contributed by atoms with Crippen molar-refractivity contribution >= 4 is 22.9 Å². The maximum atomic E-state index is 13.5. The summed E-state index contributed by atoms with van der Waals surface area (Å²) in [5.41, 5.74) is -0.915. The summed E-state index contributed by atoms with van der Waals surface area (Å²) in [4.78, 5) is 53.5. The van der Waals surface area contributed by atoms with E-state index in [1.54, 1.807) is 75.4 Å². The maximum Gasteiger partial charge on any atom is 0.299 e. The first-order valence-electron chi connectivity index (χ1n) is 16.1. The number of nitrogens with zero attached hydrogens (tertiary/aromatic N) is 8. The number of aromatic nitrogens is 4. The fraction of sp³-hybridized carbons (Fsp3) is 0.333. The molecule has 0 saturated carbocycles. The smallest absolute Gasteiger partial charge is 0.299 e. The Morgan fingerprint density at radius 1 is 0.560 bits per heavy atom. The molecule has 0 fully saturated rings. The van der Waals surface area contributed by atoms with Crippen LogP contribution in [0.1, 0.15) is 50.9 Å². The third kappa shape index (κ3) is 5.55. The number of aliphatic hydroxyl groups is 2. The zero-order valence-electron chi connectivity index (χ0n) is 28.7. The number of hydrogen-bond acceptors (Lipinski definition) is 10. The number of Topliss-reactive ketones (excluding diaryl/α,β-unsaturated/α-hetero) is 2. The molecule has 2 aliphatic carbocycles. The summed E-state index contributed by atoms with van der Waals surface area (Å²) in [5, 5.41) is 38.6. The predicted molar refractivity (Wildman–Crippen MR) is 185 cm³/mol. The molecule has 2 aliphatic rings. The molecule has 0 radical (unpaired) electrons. The summed E-state index contributed by atoms with van der Waals surface area (Å²) in [6, 6.07) is 18.0. The Morgan fingerprint density at radius 2 is 0.900 bits per heavy atom. The largest absolute Gasteiger partial charge is 0.510 e. The van der Waals surface area contributed by atoms with Gasteiger partial charge in [0.25, 0.3) is 11.1 Å². The third-order valence-corrected chi connectivity index (χ3v) is 10.3. The van der Waals surface area contributed by atoms with E-state index in [1.165, 1.54) is 9.36 Å². The van der Waals surface area contributed by atoms with Gasteiger partial charge in [0.05, 0.1) is 22.8 Å². The van der Waals surface area contributed by atoms with Gasteiger partial charge in [-0.05, 0) is 48.9 Å². The summed E-state index contributed by atoms with van der Waals surface area (Å²) in [5.74, 6) is -1.65. The molecular weight excluding hydrogens is 640 g/mol. The predicted octanol–water partition coefficient (Wildman–Crippen LogP) is 6.43. The number of aliphatic hydroxyl groups excluding tert-OH is 2. The molecule has 2 aromatic carbocycles. The molecule has 2 N–H and O–H groups in total. The van der Waals surface area contributed by atoms with Crippen LogP contribution in [-0.2, 0) is 23.7 Å². The lowest BCUT2D eigenvalue weighted by Gasteiger charge is -2.49. The van der Waals surface area contributed by atoms with Gasteiger partial charge in [-0.25, -0.2) is 9.36 Å². The Labute approximate surface area is 287 Å². The topological polar surface area (TPSA) is 178 Å². The summed E-state index contributed by atoms with van der Waals surface area (Å²) >= 11 is 0. The van der Waals surface area contributed by atoms with Gasteiger partial charge in [-0.2, -0.15) is 0 Å². The van der Waals surface area contributed by atoms with Crippen LogP contribution in [0.15, 0.2) is 114 Å². The number of carbonyl (C=O) groups is 2. The zero-order valence-corrected chi connectivity index (χ0v) is 28.7. The summed E-state index contributed by atoms with van der Waals surface area (Å²) < 4.78 is 6.15. The van der Waals surface area contributed by atoms with Gasteiger partial charge in [0.1, 0.15) is 11.5 Å². The first kappa shape index (κ1) is 34.0. The number of para-hydroxylation sites is 2. The van der Waals surface area contributed by atoms with Gasteiger partial charge in [-0.1, -0.05) is 50.2 Å². The van der Waals surface area contributed by atoms with Crippen LogP contribution < -0.4 is 11.1 Å². The number of allylic oxidation sites excluding steroid dienone is 4. The van der Waals surface area contributed by atoms with Gasteiger partial charge >= 0.3 is 0 Å². The summed E-state index contributed by atoms with van der Waals surface area (Å²) in [7, 11) is 3.42. The van der Waals surface area contributed by atoms with Crippen molar-refractivity contribution in [1.82, 2.24) is 18.7 Å². The highest BCUT2D eigenvalue weighted by atomic mass is 16.3. The van der Waals surface area contributed by atoms with E-state index in [-0.39, 0.29) is 60.0 Å². The number of ketones is 2. The van der Waals surface area contributed by atoms with Crippen LogP contribution in [-0.4, -0.2) is 40.5 Å². The molecule has 0 amide bonds. The van der Waals surface area contributed by atoms with Gasteiger partial charge in [0, 0.05) is 39.8 Å².